The monoisotopic (exact) mass is 296 g/mol. The summed E-state index contributed by atoms with van der Waals surface area (Å²) in [5.74, 6) is -0.0762. The van der Waals surface area contributed by atoms with E-state index in [1.54, 1.807) is 24.3 Å². The Balaban J connectivity index is 2.68. The van der Waals surface area contributed by atoms with Gasteiger partial charge in [-0.2, -0.15) is 5.26 Å². The van der Waals surface area contributed by atoms with Crippen molar-refractivity contribution >= 4 is 10.0 Å². The molecule has 1 aromatic carbocycles. The van der Waals surface area contributed by atoms with Crippen molar-refractivity contribution in [3.63, 3.8) is 0 Å². The summed E-state index contributed by atoms with van der Waals surface area (Å²) in [7, 11) is -3.47. The van der Waals surface area contributed by atoms with Gasteiger partial charge in [-0.25, -0.2) is 13.1 Å². The minimum Gasteiger partial charge on any atom is -0.396 e. The first-order chi connectivity index (χ1) is 9.52. The molecular weight excluding hydrogens is 276 g/mol. The van der Waals surface area contributed by atoms with E-state index in [2.05, 4.69) is 4.72 Å². The molecule has 1 rings (SSSR count). The topological polar surface area (TPSA) is 90.2 Å². The molecular formula is C14H20N2O3S. The van der Waals surface area contributed by atoms with Crippen LogP contribution in [0, 0.1) is 17.2 Å². The molecule has 1 aromatic rings. The normalized spacial score (nSPS) is 12.8. The smallest absolute Gasteiger partial charge is 0.215 e. The summed E-state index contributed by atoms with van der Waals surface area (Å²) in [4.78, 5) is 0. The number of aliphatic hydroxyl groups excluding tert-OH is 1. The number of aliphatic hydroxyl groups is 1. The lowest BCUT2D eigenvalue weighted by Gasteiger charge is -2.14. The summed E-state index contributed by atoms with van der Waals surface area (Å²) >= 11 is 0. The fourth-order valence-electron chi connectivity index (χ4n) is 1.89. The van der Waals surface area contributed by atoms with E-state index in [-0.39, 0.29) is 18.3 Å². The molecule has 5 nitrogen and oxygen atoms in total. The Bertz CT molecular complexity index is 564. The molecule has 1 atom stereocenters. The van der Waals surface area contributed by atoms with Crippen LogP contribution in [-0.4, -0.2) is 26.7 Å². The molecule has 0 saturated heterocycles. The highest BCUT2D eigenvalue weighted by molar-refractivity contribution is 7.88. The van der Waals surface area contributed by atoms with Gasteiger partial charge in [0, 0.05) is 13.2 Å². The van der Waals surface area contributed by atoms with Crippen molar-refractivity contribution in [2.75, 3.05) is 13.2 Å². The van der Waals surface area contributed by atoms with Crippen LogP contribution in [0.1, 0.15) is 30.9 Å². The van der Waals surface area contributed by atoms with Crippen LogP contribution in [0.3, 0.4) is 0 Å². The summed E-state index contributed by atoms with van der Waals surface area (Å²) in [6, 6.07) is 8.65. The molecule has 0 spiro atoms. The maximum atomic E-state index is 12.0. The average molecular weight is 296 g/mol. The van der Waals surface area contributed by atoms with Crippen LogP contribution in [0.5, 0.6) is 0 Å². The van der Waals surface area contributed by atoms with Gasteiger partial charge in [-0.05, 0) is 24.0 Å². The fourth-order valence-corrected chi connectivity index (χ4v) is 3.14. The molecule has 0 bridgehead atoms. The number of benzene rings is 1. The Kier molecular flexibility index (Phi) is 6.65. The molecule has 0 aromatic heterocycles. The Hall–Kier alpha value is -1.42. The predicted octanol–water partition coefficient (Wildman–Crippen LogP) is 1.39. The minimum atomic E-state index is -3.47. The molecule has 0 aliphatic carbocycles. The zero-order valence-electron chi connectivity index (χ0n) is 11.5. The lowest BCUT2D eigenvalue weighted by molar-refractivity contribution is 0.254. The summed E-state index contributed by atoms with van der Waals surface area (Å²) in [6.45, 7) is 2.32. The molecule has 0 fully saturated rings. The second kappa shape index (κ2) is 8.00. The summed E-state index contributed by atoms with van der Waals surface area (Å²) in [5.41, 5.74) is 0.873. The van der Waals surface area contributed by atoms with Crippen LogP contribution in [0.4, 0.5) is 0 Å². The third kappa shape index (κ3) is 5.29. The molecule has 0 aliphatic heterocycles. The summed E-state index contributed by atoms with van der Waals surface area (Å²) in [6.07, 6.45) is 1.38. The van der Waals surface area contributed by atoms with E-state index in [4.69, 9.17) is 10.4 Å². The SMILES string of the molecule is CCC(CCO)CNS(=O)(=O)Cc1ccccc1C#N. The molecule has 0 radical (unpaired) electrons. The molecule has 0 saturated carbocycles. The van der Waals surface area contributed by atoms with Crippen molar-refractivity contribution in [3.05, 3.63) is 35.4 Å². The summed E-state index contributed by atoms with van der Waals surface area (Å²) in [5, 5.41) is 17.8. The van der Waals surface area contributed by atoms with Crippen LogP contribution in [0.2, 0.25) is 0 Å². The van der Waals surface area contributed by atoms with E-state index < -0.39 is 10.0 Å². The van der Waals surface area contributed by atoms with Gasteiger partial charge < -0.3 is 5.11 Å². The van der Waals surface area contributed by atoms with Crippen LogP contribution in [0.15, 0.2) is 24.3 Å². The van der Waals surface area contributed by atoms with Gasteiger partial charge in [0.25, 0.3) is 0 Å². The van der Waals surface area contributed by atoms with Crippen molar-refractivity contribution in [1.82, 2.24) is 4.72 Å². The maximum absolute atomic E-state index is 12.0. The lowest BCUT2D eigenvalue weighted by Crippen LogP contribution is -2.30. The van der Waals surface area contributed by atoms with Gasteiger partial charge in [0.2, 0.25) is 10.0 Å². The second-order valence-electron chi connectivity index (χ2n) is 4.66. The number of rotatable bonds is 8. The van der Waals surface area contributed by atoms with E-state index in [9.17, 15) is 8.42 Å². The molecule has 2 N–H and O–H groups in total. The standard InChI is InChI=1S/C14H20N2O3S/c1-2-12(7-8-17)10-16-20(18,19)11-14-6-4-3-5-13(14)9-15/h3-6,12,16-17H,2,7-8,10-11H2,1H3. The number of nitrogens with one attached hydrogen (secondary N) is 1. The van der Waals surface area contributed by atoms with Gasteiger partial charge in [0.1, 0.15) is 0 Å². The molecule has 1 unspecified atom stereocenters. The first kappa shape index (κ1) is 16.6. The van der Waals surface area contributed by atoms with Crippen LogP contribution in [0.25, 0.3) is 0 Å². The minimum absolute atomic E-state index is 0.0531. The molecule has 0 aliphatic rings. The van der Waals surface area contributed by atoms with Crippen molar-refractivity contribution in [2.45, 2.75) is 25.5 Å². The molecule has 0 amide bonds. The van der Waals surface area contributed by atoms with Crippen molar-refractivity contribution in [3.8, 4) is 6.07 Å². The number of sulfonamides is 1. The van der Waals surface area contributed by atoms with Gasteiger partial charge in [-0.3, -0.25) is 0 Å². The van der Waals surface area contributed by atoms with E-state index in [1.165, 1.54) is 0 Å². The van der Waals surface area contributed by atoms with E-state index >= 15 is 0 Å². The van der Waals surface area contributed by atoms with Gasteiger partial charge in [0.15, 0.2) is 0 Å². The van der Waals surface area contributed by atoms with Crippen LogP contribution < -0.4 is 4.72 Å². The quantitative estimate of drug-likeness (QED) is 0.758. The van der Waals surface area contributed by atoms with Crippen molar-refractivity contribution < 1.29 is 13.5 Å². The third-order valence-electron chi connectivity index (χ3n) is 3.19. The Labute approximate surface area is 120 Å². The fraction of sp³-hybridized carbons (Fsp3) is 0.500. The number of nitriles is 1. The van der Waals surface area contributed by atoms with E-state index in [0.717, 1.165) is 6.42 Å². The number of nitrogens with zero attached hydrogens (tertiary/aromatic N) is 1. The molecule has 6 heteroatoms. The largest absolute Gasteiger partial charge is 0.396 e. The highest BCUT2D eigenvalue weighted by Crippen LogP contribution is 2.12. The Morgan fingerprint density at radius 1 is 1.40 bits per heavy atom. The second-order valence-corrected chi connectivity index (χ2v) is 6.47. The zero-order valence-corrected chi connectivity index (χ0v) is 12.4. The first-order valence-corrected chi connectivity index (χ1v) is 8.23. The molecule has 110 valence electrons. The maximum Gasteiger partial charge on any atom is 0.215 e. The average Bonchev–Trinajstić information content (AvgIpc) is 2.43. The highest BCUT2D eigenvalue weighted by Gasteiger charge is 2.16. The molecule has 20 heavy (non-hydrogen) atoms. The Morgan fingerprint density at radius 2 is 2.10 bits per heavy atom. The van der Waals surface area contributed by atoms with Crippen molar-refractivity contribution in [1.29, 1.82) is 5.26 Å². The summed E-state index contributed by atoms with van der Waals surface area (Å²) < 4.78 is 26.6. The molecule has 0 heterocycles. The van der Waals surface area contributed by atoms with Gasteiger partial charge in [-0.1, -0.05) is 31.5 Å². The van der Waals surface area contributed by atoms with E-state index in [0.29, 0.717) is 24.1 Å². The predicted molar refractivity (Wildman–Crippen MR) is 77.3 cm³/mol. The van der Waals surface area contributed by atoms with E-state index in [1.807, 2.05) is 13.0 Å². The third-order valence-corrected chi connectivity index (χ3v) is 4.49. The van der Waals surface area contributed by atoms with Crippen molar-refractivity contribution in [2.24, 2.45) is 5.92 Å². The van der Waals surface area contributed by atoms with Crippen LogP contribution in [-0.2, 0) is 15.8 Å². The first-order valence-electron chi connectivity index (χ1n) is 6.58. The lowest BCUT2D eigenvalue weighted by atomic mass is 10.0. The Morgan fingerprint density at radius 3 is 2.70 bits per heavy atom. The number of hydrogen-bond acceptors (Lipinski definition) is 4. The van der Waals surface area contributed by atoms with Gasteiger partial charge in [0.05, 0.1) is 17.4 Å². The highest BCUT2D eigenvalue weighted by atomic mass is 32.2. The van der Waals surface area contributed by atoms with Gasteiger partial charge >= 0.3 is 0 Å². The van der Waals surface area contributed by atoms with Gasteiger partial charge in [-0.15, -0.1) is 0 Å². The number of hydrogen-bond donors (Lipinski definition) is 2. The zero-order chi connectivity index (χ0) is 15.0. The van der Waals surface area contributed by atoms with Crippen LogP contribution >= 0.6 is 0 Å².